The summed E-state index contributed by atoms with van der Waals surface area (Å²) in [7, 11) is 0. The number of nitrogens with one attached hydrogen (secondary N) is 1. The second-order valence-corrected chi connectivity index (χ2v) is 8.66. The number of thiophene rings is 1. The van der Waals surface area contributed by atoms with Crippen molar-refractivity contribution in [2.45, 2.75) is 33.8 Å². The molecule has 162 valence electrons. The number of hydrogen-bond donors (Lipinski definition) is 1. The second-order valence-electron chi connectivity index (χ2n) is 6.35. The van der Waals surface area contributed by atoms with Crippen LogP contribution in [0.3, 0.4) is 0 Å². The molecule has 0 fully saturated rings. The maximum atomic E-state index is 12.4. The van der Waals surface area contributed by atoms with E-state index >= 15 is 0 Å². The number of halogens is 2. The van der Waals surface area contributed by atoms with Crippen LogP contribution in [0.25, 0.3) is 0 Å². The van der Waals surface area contributed by atoms with Crippen molar-refractivity contribution in [3.8, 4) is 5.75 Å². The minimum Gasteiger partial charge on any atom is -0.483 e. The third-order valence-electron chi connectivity index (χ3n) is 3.66. The van der Waals surface area contributed by atoms with Gasteiger partial charge < -0.3 is 19.5 Å². The molecule has 1 aromatic heterocycles. The number of anilines is 1. The van der Waals surface area contributed by atoms with Crippen LogP contribution < -0.4 is 10.1 Å². The number of esters is 2. The van der Waals surface area contributed by atoms with Crippen LogP contribution in [0.2, 0.25) is 5.02 Å². The van der Waals surface area contributed by atoms with E-state index in [0.29, 0.717) is 20.8 Å². The van der Waals surface area contributed by atoms with Crippen molar-refractivity contribution in [2.75, 3.05) is 18.5 Å². The van der Waals surface area contributed by atoms with Crippen LogP contribution in [0.4, 0.5) is 5.00 Å². The molecule has 0 spiro atoms. The van der Waals surface area contributed by atoms with Gasteiger partial charge in [-0.1, -0.05) is 11.6 Å². The molecule has 0 radical (unpaired) electrons. The molecule has 0 aliphatic rings. The van der Waals surface area contributed by atoms with Gasteiger partial charge in [-0.05, 0) is 67.4 Å². The summed E-state index contributed by atoms with van der Waals surface area (Å²) in [5.41, 5.74) is 0.513. The van der Waals surface area contributed by atoms with Gasteiger partial charge in [0.15, 0.2) is 6.61 Å². The van der Waals surface area contributed by atoms with Crippen LogP contribution in [0.15, 0.2) is 22.7 Å². The molecular weight excluding hydrogens is 498 g/mol. The minimum atomic E-state index is -0.633. The van der Waals surface area contributed by atoms with Crippen LogP contribution >= 0.6 is 38.9 Å². The van der Waals surface area contributed by atoms with E-state index in [1.54, 1.807) is 45.9 Å². The second kappa shape index (κ2) is 10.8. The summed E-state index contributed by atoms with van der Waals surface area (Å²) < 4.78 is 16.4. The predicted octanol–water partition coefficient (Wildman–Crippen LogP) is 5.23. The van der Waals surface area contributed by atoms with Crippen molar-refractivity contribution in [3.63, 3.8) is 0 Å². The van der Waals surface area contributed by atoms with Crippen molar-refractivity contribution in [1.29, 1.82) is 0 Å². The number of carbonyl (C=O) groups is 3. The van der Waals surface area contributed by atoms with Gasteiger partial charge in [-0.25, -0.2) is 9.59 Å². The molecule has 1 aromatic carbocycles. The maximum absolute atomic E-state index is 12.4. The average molecular weight is 519 g/mol. The van der Waals surface area contributed by atoms with Crippen LogP contribution in [0, 0.1) is 6.92 Å². The molecule has 0 saturated carbocycles. The molecule has 0 saturated heterocycles. The van der Waals surface area contributed by atoms with Crippen molar-refractivity contribution in [2.24, 2.45) is 0 Å². The highest BCUT2D eigenvalue weighted by Crippen LogP contribution is 2.34. The molecule has 30 heavy (non-hydrogen) atoms. The Morgan fingerprint density at radius 2 is 1.93 bits per heavy atom. The number of ether oxygens (including phenoxy) is 3. The number of hydrogen-bond acceptors (Lipinski definition) is 7. The first-order valence-electron chi connectivity index (χ1n) is 9.03. The summed E-state index contributed by atoms with van der Waals surface area (Å²) in [4.78, 5) is 37.4. The molecular formula is C20H21BrClNO6S. The lowest BCUT2D eigenvalue weighted by atomic mass is 10.1. The topological polar surface area (TPSA) is 90.9 Å². The zero-order valence-electron chi connectivity index (χ0n) is 16.8. The van der Waals surface area contributed by atoms with E-state index in [1.807, 2.05) is 0 Å². The molecule has 2 aromatic rings. The largest absolute Gasteiger partial charge is 0.483 e. The molecule has 0 bridgehead atoms. The third-order valence-corrected chi connectivity index (χ3v) is 5.70. The first-order valence-corrected chi connectivity index (χ1v) is 11.0. The Bertz CT molecular complexity index is 959. The highest BCUT2D eigenvalue weighted by molar-refractivity contribution is 9.10. The fraction of sp³-hybridized carbons (Fsp3) is 0.350. The summed E-state index contributed by atoms with van der Waals surface area (Å²) in [6.07, 6.45) is -0.325. The first kappa shape index (κ1) is 24.2. The smallest absolute Gasteiger partial charge is 0.348 e. The zero-order chi connectivity index (χ0) is 22.4. The Kier molecular flexibility index (Phi) is 8.69. The number of benzene rings is 1. The van der Waals surface area contributed by atoms with Gasteiger partial charge in [-0.2, -0.15) is 0 Å². The Balaban J connectivity index is 2.22. The highest BCUT2D eigenvalue weighted by atomic mass is 79.9. The van der Waals surface area contributed by atoms with Crippen molar-refractivity contribution in [3.05, 3.63) is 43.7 Å². The normalized spacial score (nSPS) is 10.6. The van der Waals surface area contributed by atoms with Crippen molar-refractivity contribution in [1.82, 2.24) is 0 Å². The van der Waals surface area contributed by atoms with Gasteiger partial charge in [-0.3, -0.25) is 4.79 Å². The number of rotatable bonds is 8. The summed E-state index contributed by atoms with van der Waals surface area (Å²) >= 11 is 10.2. The van der Waals surface area contributed by atoms with E-state index < -0.39 is 17.8 Å². The van der Waals surface area contributed by atoms with Crippen LogP contribution in [-0.2, 0) is 14.3 Å². The Hall–Kier alpha value is -2.10. The van der Waals surface area contributed by atoms with Gasteiger partial charge >= 0.3 is 11.9 Å². The van der Waals surface area contributed by atoms with Crippen molar-refractivity contribution < 1.29 is 28.6 Å². The molecule has 0 aliphatic carbocycles. The summed E-state index contributed by atoms with van der Waals surface area (Å²) in [5.74, 6) is -1.28. The first-order chi connectivity index (χ1) is 14.1. The minimum absolute atomic E-state index is 0.124. The molecule has 0 aliphatic heterocycles. The lowest BCUT2D eigenvalue weighted by Gasteiger charge is -2.09. The molecule has 2 rings (SSSR count). The lowest BCUT2D eigenvalue weighted by molar-refractivity contribution is -0.118. The monoisotopic (exact) mass is 517 g/mol. The van der Waals surface area contributed by atoms with E-state index in [-0.39, 0.29) is 34.8 Å². The van der Waals surface area contributed by atoms with Crippen LogP contribution in [-0.4, -0.2) is 37.2 Å². The Morgan fingerprint density at radius 1 is 1.23 bits per heavy atom. The van der Waals surface area contributed by atoms with Gasteiger partial charge in [0.25, 0.3) is 5.91 Å². The molecule has 7 nitrogen and oxygen atoms in total. The fourth-order valence-electron chi connectivity index (χ4n) is 2.41. The van der Waals surface area contributed by atoms with Gasteiger partial charge in [-0.15, -0.1) is 11.3 Å². The van der Waals surface area contributed by atoms with Gasteiger partial charge in [0.05, 0.1) is 22.7 Å². The van der Waals surface area contributed by atoms with E-state index in [1.165, 1.54) is 0 Å². The molecule has 10 heteroatoms. The quantitative estimate of drug-likeness (QED) is 0.481. The molecule has 1 N–H and O–H groups in total. The average Bonchev–Trinajstić information content (AvgIpc) is 2.96. The molecule has 1 heterocycles. The standard InChI is InChI=1S/C20H21BrClNO6S/c1-5-27-19(25)16-11(4)17(20(26)29-10(2)3)30-18(16)23-15(24)9-28-14-7-6-12(22)8-13(14)21/h6-8,10H,5,9H2,1-4H3,(H,23,24). The van der Waals surface area contributed by atoms with E-state index in [0.717, 1.165) is 11.3 Å². The van der Waals surface area contributed by atoms with Crippen molar-refractivity contribution >= 4 is 61.7 Å². The summed E-state index contributed by atoms with van der Waals surface area (Å²) in [6.45, 7) is 6.57. The number of amides is 1. The predicted molar refractivity (Wildman–Crippen MR) is 119 cm³/mol. The van der Waals surface area contributed by atoms with E-state index in [9.17, 15) is 14.4 Å². The number of carbonyl (C=O) groups excluding carboxylic acids is 3. The fourth-order valence-corrected chi connectivity index (χ4v) is 4.30. The maximum Gasteiger partial charge on any atom is 0.348 e. The highest BCUT2D eigenvalue weighted by Gasteiger charge is 2.27. The Morgan fingerprint density at radius 3 is 2.53 bits per heavy atom. The zero-order valence-corrected chi connectivity index (χ0v) is 20.0. The SMILES string of the molecule is CCOC(=O)c1c(NC(=O)COc2ccc(Cl)cc2Br)sc(C(=O)OC(C)C)c1C. The van der Waals surface area contributed by atoms with E-state index in [2.05, 4.69) is 21.2 Å². The third kappa shape index (κ3) is 6.20. The molecule has 0 unspecified atom stereocenters. The molecule has 1 amide bonds. The van der Waals surface area contributed by atoms with Gasteiger partial charge in [0.2, 0.25) is 0 Å². The van der Waals surface area contributed by atoms with Crippen LogP contribution in [0.5, 0.6) is 5.75 Å². The Labute approximate surface area is 191 Å². The van der Waals surface area contributed by atoms with Gasteiger partial charge in [0.1, 0.15) is 15.6 Å². The lowest BCUT2D eigenvalue weighted by Crippen LogP contribution is -2.21. The van der Waals surface area contributed by atoms with Crippen LogP contribution in [0.1, 0.15) is 46.4 Å². The summed E-state index contributed by atoms with van der Waals surface area (Å²) in [6, 6.07) is 4.90. The summed E-state index contributed by atoms with van der Waals surface area (Å²) in [5, 5.41) is 3.35. The molecule has 0 atom stereocenters. The van der Waals surface area contributed by atoms with E-state index in [4.69, 9.17) is 25.8 Å². The van der Waals surface area contributed by atoms with Gasteiger partial charge in [0, 0.05) is 5.02 Å².